The van der Waals surface area contributed by atoms with Gasteiger partial charge in [0.15, 0.2) is 0 Å². The van der Waals surface area contributed by atoms with Gasteiger partial charge in [0.05, 0.1) is 11.6 Å². The normalized spacial score (nSPS) is 10.1. The van der Waals surface area contributed by atoms with Crippen LogP contribution in [-0.4, -0.2) is 0 Å². The van der Waals surface area contributed by atoms with Gasteiger partial charge in [-0.15, -0.1) is 0 Å². The maximum Gasteiger partial charge on any atom is 0.0991 e. The summed E-state index contributed by atoms with van der Waals surface area (Å²) < 4.78 is 0. The molecule has 0 saturated heterocycles. The van der Waals surface area contributed by atoms with Crippen LogP contribution in [0.2, 0.25) is 5.02 Å². The molecule has 0 aromatic heterocycles. The summed E-state index contributed by atoms with van der Waals surface area (Å²) in [5.74, 6) is 0. The van der Waals surface area contributed by atoms with E-state index in [9.17, 15) is 0 Å². The molecule has 3 heteroatoms. The van der Waals surface area contributed by atoms with Crippen molar-refractivity contribution >= 4 is 23.4 Å². The number of aryl methyl sites for hydroxylation is 1. The van der Waals surface area contributed by atoms with Gasteiger partial charge in [-0.1, -0.05) is 30.3 Å². The van der Waals surface area contributed by atoms with E-state index in [2.05, 4.69) is 13.0 Å². The first kappa shape index (κ1) is 13.0. The van der Waals surface area contributed by atoms with Gasteiger partial charge >= 0.3 is 0 Å². The van der Waals surface area contributed by atoms with E-state index in [-0.39, 0.29) is 0 Å². The van der Waals surface area contributed by atoms with Gasteiger partial charge in [0.25, 0.3) is 0 Å². The average molecular weight is 274 g/mol. The van der Waals surface area contributed by atoms with Crippen molar-refractivity contribution in [1.82, 2.24) is 0 Å². The Balaban J connectivity index is 2.25. The van der Waals surface area contributed by atoms with Crippen molar-refractivity contribution in [2.24, 2.45) is 0 Å². The molecule has 0 spiro atoms. The summed E-state index contributed by atoms with van der Waals surface area (Å²) in [5, 5.41) is 9.53. The van der Waals surface area contributed by atoms with Crippen LogP contribution >= 0.6 is 23.4 Å². The van der Waals surface area contributed by atoms with Gasteiger partial charge in [0.2, 0.25) is 0 Å². The van der Waals surface area contributed by atoms with E-state index in [0.717, 1.165) is 16.3 Å². The lowest BCUT2D eigenvalue weighted by molar-refractivity contribution is 1.08. The number of hydrogen-bond acceptors (Lipinski definition) is 2. The Labute approximate surface area is 116 Å². The summed E-state index contributed by atoms with van der Waals surface area (Å²) in [4.78, 5) is 2.35. The third-order valence-corrected chi connectivity index (χ3v) is 3.98. The summed E-state index contributed by atoms with van der Waals surface area (Å²) in [6.45, 7) is 2.12. The molecule has 18 heavy (non-hydrogen) atoms. The van der Waals surface area contributed by atoms with Crippen molar-refractivity contribution in [3.05, 3.63) is 58.6 Å². The molecular weight excluding hydrogens is 262 g/mol. The molecule has 0 atom stereocenters. The van der Waals surface area contributed by atoms with Gasteiger partial charge < -0.3 is 0 Å². The molecule has 0 heterocycles. The van der Waals surface area contributed by atoms with Crippen LogP contribution in [0.1, 0.15) is 18.1 Å². The Hall–Kier alpha value is -1.43. The van der Waals surface area contributed by atoms with Crippen LogP contribution in [-0.2, 0) is 6.42 Å². The maximum atomic E-state index is 8.76. The second-order valence-corrected chi connectivity index (χ2v) is 5.40. The number of rotatable bonds is 3. The SMILES string of the molecule is CCc1cc(Cl)ccc1Sc1ccc(C#N)cc1. The fourth-order valence-corrected chi connectivity index (χ4v) is 2.84. The van der Waals surface area contributed by atoms with E-state index in [1.807, 2.05) is 42.5 Å². The lowest BCUT2D eigenvalue weighted by Gasteiger charge is -2.08. The molecule has 0 aliphatic heterocycles. The largest absolute Gasteiger partial charge is 0.192 e. The number of nitrogens with zero attached hydrogens (tertiary/aromatic N) is 1. The molecule has 0 fully saturated rings. The first-order chi connectivity index (χ1) is 8.72. The van der Waals surface area contributed by atoms with Crippen LogP contribution in [0.5, 0.6) is 0 Å². The molecule has 0 N–H and O–H groups in total. The van der Waals surface area contributed by atoms with Crippen LogP contribution in [0, 0.1) is 11.3 Å². The molecule has 0 amide bonds. The van der Waals surface area contributed by atoms with E-state index in [1.54, 1.807) is 11.8 Å². The Bertz CT molecular complexity index is 584. The smallest absolute Gasteiger partial charge is 0.0991 e. The van der Waals surface area contributed by atoms with Crippen LogP contribution in [0.4, 0.5) is 0 Å². The Morgan fingerprint density at radius 3 is 2.50 bits per heavy atom. The van der Waals surface area contributed by atoms with Crippen LogP contribution in [0.25, 0.3) is 0 Å². The molecule has 0 bridgehead atoms. The topological polar surface area (TPSA) is 23.8 Å². The summed E-state index contributed by atoms with van der Waals surface area (Å²) in [6.07, 6.45) is 0.958. The Morgan fingerprint density at radius 1 is 1.17 bits per heavy atom. The minimum Gasteiger partial charge on any atom is -0.192 e. The van der Waals surface area contributed by atoms with E-state index in [4.69, 9.17) is 16.9 Å². The summed E-state index contributed by atoms with van der Waals surface area (Å²) in [7, 11) is 0. The van der Waals surface area contributed by atoms with E-state index in [1.165, 1.54) is 10.5 Å². The van der Waals surface area contributed by atoms with Crippen LogP contribution < -0.4 is 0 Å². The third kappa shape index (κ3) is 3.07. The van der Waals surface area contributed by atoms with Crippen molar-refractivity contribution < 1.29 is 0 Å². The van der Waals surface area contributed by atoms with E-state index in [0.29, 0.717) is 5.56 Å². The highest BCUT2D eigenvalue weighted by molar-refractivity contribution is 7.99. The summed E-state index contributed by atoms with van der Waals surface area (Å²) in [5.41, 5.74) is 1.93. The second-order valence-electron chi connectivity index (χ2n) is 3.84. The first-order valence-corrected chi connectivity index (χ1v) is 6.89. The Kier molecular flexibility index (Phi) is 4.30. The van der Waals surface area contributed by atoms with Gasteiger partial charge in [0.1, 0.15) is 0 Å². The predicted molar refractivity (Wildman–Crippen MR) is 76.1 cm³/mol. The first-order valence-electron chi connectivity index (χ1n) is 5.69. The molecule has 0 aliphatic rings. The molecule has 0 radical (unpaired) electrons. The fourth-order valence-electron chi connectivity index (χ4n) is 1.65. The number of hydrogen-bond donors (Lipinski definition) is 0. The molecule has 2 aromatic carbocycles. The zero-order chi connectivity index (χ0) is 13.0. The second kappa shape index (κ2) is 5.95. The predicted octanol–water partition coefficient (Wildman–Crippen LogP) is 4.93. The van der Waals surface area contributed by atoms with Gasteiger partial charge in [-0.2, -0.15) is 5.26 Å². The Morgan fingerprint density at radius 2 is 1.89 bits per heavy atom. The molecule has 0 aliphatic carbocycles. The zero-order valence-electron chi connectivity index (χ0n) is 9.98. The summed E-state index contributed by atoms with van der Waals surface area (Å²) >= 11 is 7.69. The quantitative estimate of drug-likeness (QED) is 0.792. The van der Waals surface area contributed by atoms with Crippen molar-refractivity contribution in [2.75, 3.05) is 0 Å². The van der Waals surface area contributed by atoms with Gasteiger partial charge in [0, 0.05) is 14.8 Å². The monoisotopic (exact) mass is 273 g/mol. The van der Waals surface area contributed by atoms with Gasteiger partial charge in [-0.3, -0.25) is 0 Å². The highest BCUT2D eigenvalue weighted by atomic mass is 35.5. The number of halogens is 1. The average Bonchev–Trinajstić information content (AvgIpc) is 2.41. The van der Waals surface area contributed by atoms with Crippen LogP contribution in [0.3, 0.4) is 0 Å². The van der Waals surface area contributed by atoms with E-state index >= 15 is 0 Å². The minimum atomic E-state index is 0.686. The van der Waals surface area contributed by atoms with Crippen molar-refractivity contribution in [1.29, 1.82) is 5.26 Å². The fraction of sp³-hybridized carbons (Fsp3) is 0.133. The zero-order valence-corrected chi connectivity index (χ0v) is 11.6. The maximum absolute atomic E-state index is 8.76. The highest BCUT2D eigenvalue weighted by Gasteiger charge is 2.04. The summed E-state index contributed by atoms with van der Waals surface area (Å²) in [6, 6.07) is 15.7. The molecule has 0 unspecified atom stereocenters. The van der Waals surface area contributed by atoms with Gasteiger partial charge in [-0.05, 0) is 54.4 Å². The lowest BCUT2D eigenvalue weighted by atomic mass is 10.2. The molecule has 90 valence electrons. The van der Waals surface area contributed by atoms with Crippen molar-refractivity contribution in [2.45, 2.75) is 23.1 Å². The highest BCUT2D eigenvalue weighted by Crippen LogP contribution is 2.32. The molecule has 1 nitrogen and oxygen atoms in total. The standard InChI is InChI=1S/C15H12ClNS/c1-2-12-9-13(16)5-8-15(12)18-14-6-3-11(10-17)4-7-14/h3-9H,2H2,1H3. The lowest BCUT2D eigenvalue weighted by Crippen LogP contribution is -1.85. The molecular formula is C15H12ClNS. The van der Waals surface area contributed by atoms with Gasteiger partial charge in [-0.25, -0.2) is 0 Å². The molecule has 2 rings (SSSR count). The number of benzene rings is 2. The minimum absolute atomic E-state index is 0.686. The molecule has 0 saturated carbocycles. The van der Waals surface area contributed by atoms with Crippen LogP contribution in [0.15, 0.2) is 52.3 Å². The third-order valence-electron chi connectivity index (χ3n) is 2.61. The van der Waals surface area contributed by atoms with Crippen molar-refractivity contribution in [3.8, 4) is 6.07 Å². The number of nitriles is 1. The van der Waals surface area contributed by atoms with Crippen molar-refractivity contribution in [3.63, 3.8) is 0 Å². The van der Waals surface area contributed by atoms with E-state index < -0.39 is 0 Å². The molecule has 2 aromatic rings.